The van der Waals surface area contributed by atoms with Crippen molar-refractivity contribution in [2.45, 2.75) is 6.42 Å². The van der Waals surface area contributed by atoms with Crippen LogP contribution >= 0.6 is 0 Å². The number of methoxy groups -OCH3 is 1. The average molecular weight is 308 g/mol. The van der Waals surface area contributed by atoms with Gasteiger partial charge in [0.15, 0.2) is 0 Å². The molecule has 122 valence electrons. The Morgan fingerprint density at radius 1 is 1.14 bits per heavy atom. The van der Waals surface area contributed by atoms with E-state index in [2.05, 4.69) is 20.5 Å². The summed E-state index contributed by atoms with van der Waals surface area (Å²) in [6.45, 7) is 2.30. The molecule has 0 aliphatic heterocycles. The van der Waals surface area contributed by atoms with E-state index in [1.54, 1.807) is 25.3 Å². The molecule has 0 radical (unpaired) electrons. The summed E-state index contributed by atoms with van der Waals surface area (Å²) in [7, 11) is 5.52. The molecule has 0 unspecified atom stereocenters. The maximum atomic E-state index is 12.0. The molecule has 0 atom stereocenters. The van der Waals surface area contributed by atoms with Crippen molar-refractivity contribution in [1.29, 1.82) is 0 Å². The van der Waals surface area contributed by atoms with E-state index in [0.717, 1.165) is 13.0 Å². The van der Waals surface area contributed by atoms with Gasteiger partial charge in [0.1, 0.15) is 11.4 Å². The molecule has 1 heterocycles. The molecular formula is C15H24N4O3. The van der Waals surface area contributed by atoms with Crippen LogP contribution in [0.3, 0.4) is 0 Å². The standard InChI is InChI=1S/C15H24N4O3/c1-19(2)10-5-8-16-14(20)12-6-4-7-13(18-12)15(21)17-9-11-22-3/h4,6-7H,5,8-11H2,1-3H3,(H,16,20)(H,17,21). The molecule has 0 spiro atoms. The Hall–Kier alpha value is -1.99. The number of rotatable bonds is 9. The highest BCUT2D eigenvalue weighted by Gasteiger charge is 2.11. The number of ether oxygens (including phenoxy) is 1. The Balaban J connectivity index is 2.52. The number of hydrogen-bond acceptors (Lipinski definition) is 5. The van der Waals surface area contributed by atoms with Crippen molar-refractivity contribution in [1.82, 2.24) is 20.5 Å². The van der Waals surface area contributed by atoms with Crippen LogP contribution in [0.5, 0.6) is 0 Å². The lowest BCUT2D eigenvalue weighted by molar-refractivity contribution is 0.0931. The normalized spacial score (nSPS) is 10.5. The fourth-order valence-corrected chi connectivity index (χ4v) is 1.73. The van der Waals surface area contributed by atoms with Crippen molar-refractivity contribution in [3.05, 3.63) is 29.6 Å². The van der Waals surface area contributed by atoms with Crippen LogP contribution in [0.15, 0.2) is 18.2 Å². The zero-order valence-corrected chi connectivity index (χ0v) is 13.4. The van der Waals surface area contributed by atoms with Crippen molar-refractivity contribution in [2.24, 2.45) is 0 Å². The maximum Gasteiger partial charge on any atom is 0.269 e. The molecular weight excluding hydrogens is 284 g/mol. The van der Waals surface area contributed by atoms with Gasteiger partial charge in [0.25, 0.3) is 11.8 Å². The van der Waals surface area contributed by atoms with Crippen LogP contribution in [0, 0.1) is 0 Å². The van der Waals surface area contributed by atoms with E-state index >= 15 is 0 Å². The molecule has 2 N–H and O–H groups in total. The SMILES string of the molecule is COCCNC(=O)c1cccc(C(=O)NCCCN(C)C)n1. The van der Waals surface area contributed by atoms with Gasteiger partial charge in [-0.25, -0.2) is 4.98 Å². The van der Waals surface area contributed by atoms with E-state index in [-0.39, 0.29) is 23.2 Å². The summed E-state index contributed by atoms with van der Waals surface area (Å²) >= 11 is 0. The molecule has 0 saturated heterocycles. The molecule has 0 aliphatic rings. The lowest BCUT2D eigenvalue weighted by Crippen LogP contribution is -2.30. The third-order valence-electron chi connectivity index (χ3n) is 2.87. The second-order valence-corrected chi connectivity index (χ2v) is 5.07. The minimum atomic E-state index is -0.320. The Kier molecular flexibility index (Phi) is 8.09. The largest absolute Gasteiger partial charge is 0.383 e. The molecule has 7 nitrogen and oxygen atoms in total. The van der Waals surface area contributed by atoms with Crippen LogP contribution in [-0.2, 0) is 4.74 Å². The third-order valence-corrected chi connectivity index (χ3v) is 2.87. The third kappa shape index (κ3) is 6.64. The second kappa shape index (κ2) is 9.86. The molecule has 2 amide bonds. The Bertz CT molecular complexity index is 491. The summed E-state index contributed by atoms with van der Waals surface area (Å²) in [5.41, 5.74) is 0.460. The minimum Gasteiger partial charge on any atom is -0.383 e. The quantitative estimate of drug-likeness (QED) is 0.634. The van der Waals surface area contributed by atoms with E-state index in [4.69, 9.17) is 4.74 Å². The fourth-order valence-electron chi connectivity index (χ4n) is 1.73. The van der Waals surface area contributed by atoms with Gasteiger partial charge in [-0.05, 0) is 39.2 Å². The molecule has 22 heavy (non-hydrogen) atoms. The van der Waals surface area contributed by atoms with Gasteiger partial charge < -0.3 is 20.3 Å². The smallest absolute Gasteiger partial charge is 0.269 e. The Morgan fingerprint density at radius 2 is 1.73 bits per heavy atom. The summed E-state index contributed by atoms with van der Waals surface area (Å²) in [6, 6.07) is 4.81. The number of amides is 2. The fraction of sp³-hybridized carbons (Fsp3) is 0.533. The zero-order valence-electron chi connectivity index (χ0n) is 13.4. The maximum absolute atomic E-state index is 12.0. The number of carbonyl (C=O) groups is 2. The molecule has 0 aromatic carbocycles. The van der Waals surface area contributed by atoms with Crippen LogP contribution in [0.1, 0.15) is 27.4 Å². The summed E-state index contributed by atoms with van der Waals surface area (Å²) in [6.07, 6.45) is 0.857. The number of aromatic nitrogens is 1. The van der Waals surface area contributed by atoms with Gasteiger partial charge in [-0.3, -0.25) is 9.59 Å². The number of nitrogens with one attached hydrogen (secondary N) is 2. The van der Waals surface area contributed by atoms with Gasteiger partial charge in [0, 0.05) is 20.2 Å². The van der Waals surface area contributed by atoms with Crippen molar-refractivity contribution in [2.75, 3.05) is 47.4 Å². The lowest BCUT2D eigenvalue weighted by Gasteiger charge is -2.10. The average Bonchev–Trinajstić information content (AvgIpc) is 2.51. The monoisotopic (exact) mass is 308 g/mol. The molecule has 0 fully saturated rings. The molecule has 0 aliphatic carbocycles. The minimum absolute atomic E-state index is 0.219. The van der Waals surface area contributed by atoms with E-state index in [1.807, 2.05) is 14.1 Å². The van der Waals surface area contributed by atoms with Crippen LogP contribution in [-0.4, -0.2) is 69.1 Å². The molecule has 7 heteroatoms. The summed E-state index contributed by atoms with van der Waals surface area (Å²) < 4.78 is 4.86. The predicted octanol–water partition coefficient (Wildman–Crippen LogP) is 0.139. The highest BCUT2D eigenvalue weighted by Crippen LogP contribution is 2.00. The van der Waals surface area contributed by atoms with Crippen LogP contribution < -0.4 is 10.6 Å². The van der Waals surface area contributed by atoms with E-state index in [9.17, 15) is 9.59 Å². The van der Waals surface area contributed by atoms with Crippen LogP contribution in [0.2, 0.25) is 0 Å². The van der Waals surface area contributed by atoms with Gasteiger partial charge in [0.05, 0.1) is 6.61 Å². The highest BCUT2D eigenvalue weighted by molar-refractivity contribution is 5.96. The van der Waals surface area contributed by atoms with Gasteiger partial charge in [0.2, 0.25) is 0 Å². The lowest BCUT2D eigenvalue weighted by atomic mass is 10.2. The first kappa shape index (κ1) is 18.1. The van der Waals surface area contributed by atoms with Gasteiger partial charge in [-0.1, -0.05) is 6.07 Å². The zero-order chi connectivity index (χ0) is 16.4. The summed E-state index contributed by atoms with van der Waals surface area (Å²) in [5.74, 6) is -0.593. The summed E-state index contributed by atoms with van der Waals surface area (Å²) in [5, 5.41) is 5.46. The van der Waals surface area contributed by atoms with E-state index < -0.39 is 0 Å². The van der Waals surface area contributed by atoms with Crippen molar-refractivity contribution in [3.63, 3.8) is 0 Å². The van der Waals surface area contributed by atoms with Crippen molar-refractivity contribution >= 4 is 11.8 Å². The second-order valence-electron chi connectivity index (χ2n) is 5.07. The Labute approximate surface area is 131 Å². The predicted molar refractivity (Wildman–Crippen MR) is 84.0 cm³/mol. The molecule has 1 rings (SSSR count). The van der Waals surface area contributed by atoms with E-state index in [0.29, 0.717) is 19.7 Å². The number of pyridine rings is 1. The Morgan fingerprint density at radius 3 is 2.27 bits per heavy atom. The number of hydrogen-bond donors (Lipinski definition) is 2. The number of carbonyl (C=O) groups excluding carboxylic acids is 2. The van der Waals surface area contributed by atoms with Gasteiger partial charge in [-0.2, -0.15) is 0 Å². The summed E-state index contributed by atoms with van der Waals surface area (Å²) in [4.78, 5) is 30.0. The molecule has 1 aromatic rings. The number of nitrogens with zero attached hydrogens (tertiary/aromatic N) is 2. The van der Waals surface area contributed by atoms with Gasteiger partial charge in [-0.15, -0.1) is 0 Å². The van der Waals surface area contributed by atoms with E-state index in [1.165, 1.54) is 0 Å². The van der Waals surface area contributed by atoms with Crippen molar-refractivity contribution < 1.29 is 14.3 Å². The van der Waals surface area contributed by atoms with Crippen LogP contribution in [0.25, 0.3) is 0 Å². The van der Waals surface area contributed by atoms with Crippen molar-refractivity contribution in [3.8, 4) is 0 Å². The van der Waals surface area contributed by atoms with Crippen LogP contribution in [0.4, 0.5) is 0 Å². The molecule has 0 saturated carbocycles. The highest BCUT2D eigenvalue weighted by atomic mass is 16.5. The van der Waals surface area contributed by atoms with Gasteiger partial charge >= 0.3 is 0 Å². The first-order valence-corrected chi connectivity index (χ1v) is 7.21. The molecule has 0 bridgehead atoms. The topological polar surface area (TPSA) is 83.6 Å². The first-order chi connectivity index (χ1) is 10.5. The first-order valence-electron chi connectivity index (χ1n) is 7.21. The molecule has 1 aromatic heterocycles.